The van der Waals surface area contributed by atoms with Crippen molar-refractivity contribution < 1.29 is 9.53 Å². The molecule has 2 atom stereocenters. The summed E-state index contributed by atoms with van der Waals surface area (Å²) in [6.07, 6.45) is 2.20. The average molecular weight is 311 g/mol. The van der Waals surface area contributed by atoms with Crippen molar-refractivity contribution in [3.63, 3.8) is 0 Å². The number of nitrogens with zero attached hydrogens (tertiary/aromatic N) is 1. The van der Waals surface area contributed by atoms with Crippen LogP contribution >= 0.6 is 23.1 Å². The van der Waals surface area contributed by atoms with Gasteiger partial charge in [-0.25, -0.2) is 0 Å². The van der Waals surface area contributed by atoms with Crippen LogP contribution in [0.5, 0.6) is 0 Å². The lowest BCUT2D eigenvalue weighted by molar-refractivity contribution is -0.129. The Morgan fingerprint density at radius 1 is 1.55 bits per heavy atom. The number of carbonyl (C=O) groups is 1. The van der Waals surface area contributed by atoms with Crippen molar-refractivity contribution in [1.82, 2.24) is 4.90 Å². The number of ether oxygens (including phenoxy) is 1. The molecule has 2 aliphatic heterocycles. The molecule has 0 N–H and O–H groups in total. The van der Waals surface area contributed by atoms with Crippen LogP contribution in [0.2, 0.25) is 0 Å². The molecular formula is C15H21NO2S2. The highest BCUT2D eigenvalue weighted by Crippen LogP contribution is 2.41. The van der Waals surface area contributed by atoms with Crippen molar-refractivity contribution >= 4 is 29.0 Å². The molecule has 1 aromatic rings. The van der Waals surface area contributed by atoms with Crippen LogP contribution in [0.25, 0.3) is 0 Å². The molecule has 1 aromatic heterocycles. The largest absolute Gasteiger partial charge is 0.381 e. The zero-order chi connectivity index (χ0) is 13.9. The third kappa shape index (κ3) is 2.90. The maximum atomic E-state index is 12.7. The fourth-order valence-corrected chi connectivity index (χ4v) is 5.34. The molecule has 3 rings (SSSR count). The van der Waals surface area contributed by atoms with E-state index in [9.17, 15) is 4.79 Å². The molecule has 0 aliphatic carbocycles. The summed E-state index contributed by atoms with van der Waals surface area (Å²) in [7, 11) is 0. The zero-order valence-electron chi connectivity index (χ0n) is 11.8. The summed E-state index contributed by atoms with van der Waals surface area (Å²) in [5.41, 5.74) is 1.27. The van der Waals surface area contributed by atoms with E-state index >= 15 is 0 Å². The molecule has 0 spiro atoms. The second kappa shape index (κ2) is 6.50. The monoisotopic (exact) mass is 311 g/mol. The fraction of sp³-hybridized carbons (Fsp3) is 0.667. The Bertz CT molecular complexity index is 474. The van der Waals surface area contributed by atoms with Crippen LogP contribution < -0.4 is 0 Å². The van der Waals surface area contributed by atoms with Crippen molar-refractivity contribution in [2.24, 2.45) is 5.92 Å². The first-order chi connectivity index (χ1) is 9.79. The van der Waals surface area contributed by atoms with Gasteiger partial charge in [0, 0.05) is 30.5 Å². The van der Waals surface area contributed by atoms with Gasteiger partial charge in [-0.15, -0.1) is 23.1 Å². The van der Waals surface area contributed by atoms with Crippen molar-refractivity contribution in [2.75, 3.05) is 32.1 Å². The Balaban J connectivity index is 1.63. The minimum Gasteiger partial charge on any atom is -0.381 e. The van der Waals surface area contributed by atoms with Crippen molar-refractivity contribution in [1.29, 1.82) is 0 Å². The number of thioether (sulfide) groups is 1. The maximum absolute atomic E-state index is 12.7. The van der Waals surface area contributed by atoms with E-state index < -0.39 is 0 Å². The lowest BCUT2D eigenvalue weighted by atomic mass is 10.1. The third-order valence-corrected chi connectivity index (χ3v) is 6.28. The van der Waals surface area contributed by atoms with Crippen LogP contribution in [0.3, 0.4) is 0 Å². The van der Waals surface area contributed by atoms with E-state index in [4.69, 9.17) is 4.74 Å². The van der Waals surface area contributed by atoms with E-state index in [0.717, 1.165) is 44.9 Å². The normalized spacial score (nSPS) is 25.8. The van der Waals surface area contributed by atoms with Gasteiger partial charge < -0.3 is 9.64 Å². The van der Waals surface area contributed by atoms with E-state index in [1.165, 1.54) is 10.4 Å². The lowest BCUT2D eigenvalue weighted by Gasteiger charge is -2.26. The SMILES string of the molecule is CCOC[C@H]1CCN(C(=O)[C@H]2SCCc3sccc32)C1. The molecular weight excluding hydrogens is 290 g/mol. The first kappa shape index (κ1) is 14.4. The molecule has 0 bridgehead atoms. The van der Waals surface area contributed by atoms with E-state index in [0.29, 0.717) is 11.8 Å². The average Bonchev–Trinajstić information content (AvgIpc) is 3.12. The molecule has 0 aromatic carbocycles. The van der Waals surface area contributed by atoms with Crippen LogP contribution in [-0.4, -0.2) is 42.9 Å². The Kier molecular flexibility index (Phi) is 4.68. The van der Waals surface area contributed by atoms with E-state index in [-0.39, 0.29) is 5.25 Å². The number of hydrogen-bond donors (Lipinski definition) is 0. The van der Waals surface area contributed by atoms with Gasteiger partial charge >= 0.3 is 0 Å². The number of thiophene rings is 1. The van der Waals surface area contributed by atoms with Crippen LogP contribution in [0.15, 0.2) is 11.4 Å². The molecule has 2 aliphatic rings. The van der Waals surface area contributed by atoms with Gasteiger partial charge in [0.15, 0.2) is 0 Å². The summed E-state index contributed by atoms with van der Waals surface area (Å²) in [5, 5.41) is 2.16. The van der Waals surface area contributed by atoms with Gasteiger partial charge in [0.25, 0.3) is 0 Å². The number of fused-ring (bicyclic) bond motifs is 1. The Hall–Kier alpha value is -0.520. The number of carbonyl (C=O) groups excluding carboxylic acids is 1. The topological polar surface area (TPSA) is 29.5 Å². The molecule has 3 nitrogen and oxygen atoms in total. The highest BCUT2D eigenvalue weighted by molar-refractivity contribution is 8.00. The van der Waals surface area contributed by atoms with Crippen LogP contribution in [-0.2, 0) is 16.0 Å². The maximum Gasteiger partial charge on any atom is 0.240 e. The standard InChI is InChI=1S/C15H21NO2S2/c1-2-18-10-11-3-6-16(9-11)15(17)14-12-4-7-19-13(12)5-8-20-14/h4,7,11,14H,2-3,5-6,8-10H2,1H3/t11-,14-/m0/s1. The minimum absolute atomic E-state index is 0.0378. The molecule has 1 saturated heterocycles. The van der Waals surface area contributed by atoms with E-state index in [2.05, 4.69) is 11.4 Å². The highest BCUT2D eigenvalue weighted by Gasteiger charge is 2.34. The summed E-state index contributed by atoms with van der Waals surface area (Å²) < 4.78 is 5.49. The Morgan fingerprint density at radius 3 is 3.30 bits per heavy atom. The van der Waals surface area contributed by atoms with Gasteiger partial charge in [-0.2, -0.15) is 0 Å². The van der Waals surface area contributed by atoms with Crippen molar-refractivity contribution in [2.45, 2.75) is 25.0 Å². The van der Waals surface area contributed by atoms with Crippen molar-refractivity contribution in [3.05, 3.63) is 21.9 Å². The summed E-state index contributed by atoms with van der Waals surface area (Å²) in [6, 6.07) is 2.14. The van der Waals surface area contributed by atoms with Crippen LogP contribution in [0, 0.1) is 5.92 Å². The first-order valence-corrected chi connectivity index (χ1v) is 9.26. The number of amides is 1. The van der Waals surface area contributed by atoms with Gasteiger partial charge in [0.05, 0.1) is 6.61 Å². The van der Waals surface area contributed by atoms with E-state index in [1.807, 2.05) is 23.6 Å². The quantitative estimate of drug-likeness (QED) is 0.856. The predicted octanol–water partition coefficient (Wildman–Crippen LogP) is 2.96. The lowest BCUT2D eigenvalue weighted by Crippen LogP contribution is -2.33. The molecule has 0 radical (unpaired) electrons. The summed E-state index contributed by atoms with van der Waals surface area (Å²) in [6.45, 7) is 5.35. The number of rotatable bonds is 4. The number of hydrogen-bond acceptors (Lipinski definition) is 4. The zero-order valence-corrected chi connectivity index (χ0v) is 13.5. The fourth-order valence-electron chi connectivity index (χ4n) is 2.97. The summed E-state index contributed by atoms with van der Waals surface area (Å²) >= 11 is 3.61. The van der Waals surface area contributed by atoms with Crippen LogP contribution in [0.1, 0.15) is 29.0 Å². The smallest absolute Gasteiger partial charge is 0.240 e. The molecule has 20 heavy (non-hydrogen) atoms. The second-order valence-electron chi connectivity index (χ2n) is 5.40. The summed E-state index contributed by atoms with van der Waals surface area (Å²) in [4.78, 5) is 16.2. The van der Waals surface area contributed by atoms with Gasteiger partial charge in [0.2, 0.25) is 5.91 Å². The first-order valence-electron chi connectivity index (χ1n) is 7.34. The van der Waals surface area contributed by atoms with Crippen molar-refractivity contribution in [3.8, 4) is 0 Å². The van der Waals surface area contributed by atoms with Gasteiger partial charge in [0.1, 0.15) is 5.25 Å². The number of likely N-dealkylation sites (tertiary alicyclic amines) is 1. The number of aryl methyl sites for hydroxylation is 1. The molecule has 5 heteroatoms. The summed E-state index contributed by atoms with van der Waals surface area (Å²) in [5.74, 6) is 1.91. The highest BCUT2D eigenvalue weighted by atomic mass is 32.2. The Morgan fingerprint density at radius 2 is 2.45 bits per heavy atom. The molecule has 110 valence electrons. The molecule has 1 fully saturated rings. The Labute approximate surface area is 128 Å². The van der Waals surface area contributed by atoms with E-state index in [1.54, 1.807) is 11.3 Å². The molecule has 0 saturated carbocycles. The second-order valence-corrected chi connectivity index (χ2v) is 7.61. The predicted molar refractivity (Wildman–Crippen MR) is 84.4 cm³/mol. The van der Waals surface area contributed by atoms with Gasteiger partial charge in [-0.05, 0) is 42.5 Å². The molecule has 1 amide bonds. The third-order valence-electron chi connectivity index (χ3n) is 4.06. The molecule has 3 heterocycles. The van der Waals surface area contributed by atoms with Gasteiger partial charge in [-0.3, -0.25) is 4.79 Å². The van der Waals surface area contributed by atoms with Crippen LogP contribution in [0.4, 0.5) is 0 Å². The molecule has 0 unspecified atom stereocenters. The van der Waals surface area contributed by atoms with Gasteiger partial charge in [-0.1, -0.05) is 0 Å². The minimum atomic E-state index is 0.0378.